The van der Waals surface area contributed by atoms with Gasteiger partial charge in [0.15, 0.2) is 5.58 Å². The molecule has 0 aliphatic heterocycles. The molecule has 0 spiro atoms. The van der Waals surface area contributed by atoms with Gasteiger partial charge in [0.2, 0.25) is 0 Å². The predicted octanol–water partition coefficient (Wildman–Crippen LogP) is 1.94. The van der Waals surface area contributed by atoms with Gasteiger partial charge in [0.1, 0.15) is 5.82 Å². The van der Waals surface area contributed by atoms with Crippen LogP contribution in [0.3, 0.4) is 0 Å². The van der Waals surface area contributed by atoms with Gasteiger partial charge in [-0.05, 0) is 18.2 Å². The molecule has 86 valence electrons. The highest BCUT2D eigenvalue weighted by Crippen LogP contribution is 2.21. The van der Waals surface area contributed by atoms with Crippen LogP contribution in [0.25, 0.3) is 22.4 Å². The van der Waals surface area contributed by atoms with E-state index in [-0.39, 0.29) is 0 Å². The fourth-order valence-corrected chi connectivity index (χ4v) is 1.87. The summed E-state index contributed by atoms with van der Waals surface area (Å²) >= 11 is 4.14. The summed E-state index contributed by atoms with van der Waals surface area (Å²) < 4.78 is 4.94. The third kappa shape index (κ3) is 1.76. The molecule has 0 saturated heterocycles. The molecule has 2 N–H and O–H groups in total. The van der Waals surface area contributed by atoms with E-state index in [1.807, 2.05) is 12.1 Å². The zero-order valence-electron chi connectivity index (χ0n) is 8.73. The Bertz CT molecular complexity index is 725. The van der Waals surface area contributed by atoms with Crippen molar-refractivity contribution in [2.24, 2.45) is 0 Å². The van der Waals surface area contributed by atoms with Crippen molar-refractivity contribution in [2.45, 2.75) is 5.75 Å². The Morgan fingerprint density at radius 3 is 3.00 bits per heavy atom. The number of benzene rings is 1. The standard InChI is InChI=1S/C11H9N3O2S/c15-11-14-7-3-6(1-2-9(7)16-11)8-4-12-10(5-17)13-8/h1-4,17H,5H2,(H,12,13)(H,14,15). The van der Waals surface area contributed by atoms with Crippen LogP contribution in [-0.2, 0) is 5.75 Å². The molecule has 1 aromatic carbocycles. The van der Waals surface area contributed by atoms with Crippen molar-refractivity contribution in [1.82, 2.24) is 15.0 Å². The molecular weight excluding hydrogens is 238 g/mol. The molecule has 0 bridgehead atoms. The van der Waals surface area contributed by atoms with Crippen LogP contribution < -0.4 is 5.76 Å². The van der Waals surface area contributed by atoms with E-state index in [1.54, 1.807) is 12.3 Å². The second-order valence-corrected chi connectivity index (χ2v) is 3.94. The van der Waals surface area contributed by atoms with Crippen LogP contribution in [0.1, 0.15) is 5.82 Å². The first-order chi connectivity index (χ1) is 8.26. The smallest absolute Gasteiger partial charge is 0.408 e. The summed E-state index contributed by atoms with van der Waals surface area (Å²) in [7, 11) is 0. The maximum atomic E-state index is 11.0. The van der Waals surface area contributed by atoms with Gasteiger partial charge in [-0.15, -0.1) is 0 Å². The van der Waals surface area contributed by atoms with E-state index in [0.29, 0.717) is 16.9 Å². The third-order valence-corrected chi connectivity index (χ3v) is 2.81. The average molecular weight is 247 g/mol. The molecule has 0 saturated carbocycles. The van der Waals surface area contributed by atoms with Crippen LogP contribution in [0.4, 0.5) is 0 Å². The lowest BCUT2D eigenvalue weighted by Gasteiger charge is -1.96. The number of imidazole rings is 1. The number of thiol groups is 1. The molecule has 2 heterocycles. The largest absolute Gasteiger partial charge is 0.417 e. The van der Waals surface area contributed by atoms with E-state index in [9.17, 15) is 4.79 Å². The molecule has 0 aliphatic carbocycles. The maximum absolute atomic E-state index is 11.0. The highest BCUT2D eigenvalue weighted by molar-refractivity contribution is 7.79. The van der Waals surface area contributed by atoms with Crippen molar-refractivity contribution >= 4 is 23.7 Å². The second kappa shape index (κ2) is 3.81. The molecule has 3 aromatic rings. The summed E-state index contributed by atoms with van der Waals surface area (Å²) in [5, 5.41) is 0. The second-order valence-electron chi connectivity index (χ2n) is 3.63. The van der Waals surface area contributed by atoms with Gasteiger partial charge in [0.05, 0.1) is 17.4 Å². The minimum atomic E-state index is -0.446. The van der Waals surface area contributed by atoms with E-state index in [2.05, 4.69) is 27.6 Å². The predicted molar refractivity (Wildman–Crippen MR) is 67.1 cm³/mol. The Hall–Kier alpha value is -1.95. The van der Waals surface area contributed by atoms with E-state index < -0.39 is 5.76 Å². The third-order valence-electron chi connectivity index (χ3n) is 2.51. The van der Waals surface area contributed by atoms with Crippen LogP contribution >= 0.6 is 12.6 Å². The molecule has 2 aromatic heterocycles. The summed E-state index contributed by atoms with van der Waals surface area (Å²) in [6.07, 6.45) is 1.74. The maximum Gasteiger partial charge on any atom is 0.417 e. The molecule has 0 aliphatic rings. The number of hydrogen-bond donors (Lipinski definition) is 3. The molecule has 5 nitrogen and oxygen atoms in total. The van der Waals surface area contributed by atoms with Gasteiger partial charge in [-0.3, -0.25) is 4.98 Å². The van der Waals surface area contributed by atoms with Crippen LogP contribution in [0.15, 0.2) is 33.6 Å². The Balaban J connectivity index is 2.13. The van der Waals surface area contributed by atoms with Crippen molar-refractivity contribution in [3.05, 3.63) is 40.8 Å². The SMILES string of the molecule is O=c1[nH]c2cc(-c3cnc(CS)[nH]3)ccc2o1. The van der Waals surface area contributed by atoms with Crippen molar-refractivity contribution in [2.75, 3.05) is 0 Å². The zero-order chi connectivity index (χ0) is 11.8. The lowest BCUT2D eigenvalue weighted by atomic mass is 10.1. The fourth-order valence-electron chi connectivity index (χ4n) is 1.71. The molecule has 17 heavy (non-hydrogen) atoms. The van der Waals surface area contributed by atoms with Crippen LogP contribution in [0.2, 0.25) is 0 Å². The lowest BCUT2D eigenvalue weighted by molar-refractivity contribution is 0.555. The summed E-state index contributed by atoms with van der Waals surface area (Å²) in [6.45, 7) is 0. The summed E-state index contributed by atoms with van der Waals surface area (Å²) in [5.74, 6) is 0.923. The van der Waals surface area contributed by atoms with Gasteiger partial charge in [-0.25, -0.2) is 9.78 Å². The number of hydrogen-bond acceptors (Lipinski definition) is 4. The van der Waals surface area contributed by atoms with Gasteiger partial charge in [-0.1, -0.05) is 0 Å². The Kier molecular flexibility index (Phi) is 2.29. The molecule has 0 atom stereocenters. The van der Waals surface area contributed by atoms with E-state index in [1.165, 1.54) is 0 Å². The summed E-state index contributed by atoms with van der Waals surface area (Å²) in [5.41, 5.74) is 3.05. The quantitative estimate of drug-likeness (QED) is 0.606. The fraction of sp³-hybridized carbons (Fsp3) is 0.0909. The zero-order valence-corrected chi connectivity index (χ0v) is 9.62. The summed E-state index contributed by atoms with van der Waals surface area (Å²) in [6, 6.07) is 5.47. The first-order valence-corrected chi connectivity index (χ1v) is 5.67. The Morgan fingerprint density at radius 1 is 1.35 bits per heavy atom. The number of aromatic nitrogens is 3. The minimum absolute atomic E-state index is 0.446. The molecule has 0 fully saturated rings. The van der Waals surface area contributed by atoms with Crippen molar-refractivity contribution in [1.29, 1.82) is 0 Å². The number of nitrogens with zero attached hydrogens (tertiary/aromatic N) is 1. The monoisotopic (exact) mass is 247 g/mol. The van der Waals surface area contributed by atoms with Gasteiger partial charge in [-0.2, -0.15) is 12.6 Å². The van der Waals surface area contributed by atoms with Gasteiger partial charge < -0.3 is 9.40 Å². The number of aromatic amines is 2. The van der Waals surface area contributed by atoms with Gasteiger partial charge in [0.25, 0.3) is 0 Å². The molecule has 3 rings (SSSR count). The van der Waals surface area contributed by atoms with Gasteiger partial charge >= 0.3 is 5.76 Å². The van der Waals surface area contributed by atoms with Crippen LogP contribution in [0, 0.1) is 0 Å². The molecular formula is C11H9N3O2S. The highest BCUT2D eigenvalue weighted by atomic mass is 32.1. The van der Waals surface area contributed by atoms with E-state index >= 15 is 0 Å². The van der Waals surface area contributed by atoms with Crippen LogP contribution in [-0.4, -0.2) is 15.0 Å². The van der Waals surface area contributed by atoms with E-state index in [4.69, 9.17) is 4.42 Å². The number of fused-ring (bicyclic) bond motifs is 1. The Labute approximate surface area is 101 Å². The number of oxazole rings is 1. The lowest BCUT2D eigenvalue weighted by Crippen LogP contribution is -1.92. The summed E-state index contributed by atoms with van der Waals surface area (Å²) in [4.78, 5) is 21.0. The first kappa shape index (κ1) is 10.2. The number of H-pyrrole nitrogens is 2. The first-order valence-electron chi connectivity index (χ1n) is 5.04. The van der Waals surface area contributed by atoms with Crippen LogP contribution in [0.5, 0.6) is 0 Å². The minimum Gasteiger partial charge on any atom is -0.408 e. The molecule has 0 amide bonds. The molecule has 6 heteroatoms. The topological polar surface area (TPSA) is 74.7 Å². The van der Waals surface area contributed by atoms with Crippen molar-refractivity contribution in [3.8, 4) is 11.3 Å². The number of nitrogens with one attached hydrogen (secondary N) is 2. The van der Waals surface area contributed by atoms with E-state index in [0.717, 1.165) is 17.1 Å². The molecule has 0 unspecified atom stereocenters. The Morgan fingerprint density at radius 2 is 2.24 bits per heavy atom. The average Bonchev–Trinajstić information content (AvgIpc) is 2.92. The van der Waals surface area contributed by atoms with Gasteiger partial charge in [0, 0.05) is 11.3 Å². The normalized spacial score (nSPS) is 11.1. The number of rotatable bonds is 2. The van der Waals surface area contributed by atoms with Crippen molar-refractivity contribution in [3.63, 3.8) is 0 Å². The molecule has 0 radical (unpaired) electrons. The highest BCUT2D eigenvalue weighted by Gasteiger charge is 2.06. The van der Waals surface area contributed by atoms with Crippen molar-refractivity contribution < 1.29 is 4.42 Å².